The molecular formula is C9H7BrOS. The molecule has 62 valence electrons. The lowest BCUT2D eigenvalue weighted by Crippen LogP contribution is -1.70. The highest BCUT2D eigenvalue weighted by molar-refractivity contribution is 9.10. The largest absolute Gasteiger partial charge is 0.506 e. The second-order valence-corrected chi connectivity index (χ2v) is 4.52. The van der Waals surface area contributed by atoms with Gasteiger partial charge in [0.05, 0.1) is 4.70 Å². The molecule has 0 saturated carbocycles. The van der Waals surface area contributed by atoms with E-state index in [9.17, 15) is 5.11 Å². The van der Waals surface area contributed by atoms with Crippen molar-refractivity contribution >= 4 is 37.4 Å². The molecule has 2 aromatic rings. The highest BCUT2D eigenvalue weighted by Crippen LogP contribution is 2.35. The minimum atomic E-state index is 0.359. The molecule has 1 heterocycles. The van der Waals surface area contributed by atoms with Crippen LogP contribution in [0.1, 0.15) is 5.56 Å². The fourth-order valence-electron chi connectivity index (χ4n) is 1.21. The van der Waals surface area contributed by atoms with E-state index in [1.54, 1.807) is 17.4 Å². The number of phenols is 1. The molecular weight excluding hydrogens is 236 g/mol. The molecule has 3 heteroatoms. The number of hydrogen-bond acceptors (Lipinski definition) is 2. The van der Waals surface area contributed by atoms with Crippen LogP contribution in [-0.2, 0) is 0 Å². The molecule has 2 rings (SSSR count). The number of phenolic OH excluding ortho intramolecular Hbond substituents is 1. The molecule has 0 aliphatic carbocycles. The number of hydrogen-bond donors (Lipinski definition) is 1. The lowest BCUT2D eigenvalue weighted by Gasteiger charge is -1.96. The SMILES string of the molecule is Cc1csc2c(O)cc(Br)cc12. The predicted molar refractivity (Wildman–Crippen MR) is 55.9 cm³/mol. The van der Waals surface area contributed by atoms with Gasteiger partial charge < -0.3 is 5.11 Å². The van der Waals surface area contributed by atoms with Crippen LogP contribution < -0.4 is 0 Å². The van der Waals surface area contributed by atoms with Crippen LogP contribution in [0.3, 0.4) is 0 Å². The molecule has 0 spiro atoms. The summed E-state index contributed by atoms with van der Waals surface area (Å²) in [7, 11) is 0. The van der Waals surface area contributed by atoms with Crippen LogP contribution in [0.4, 0.5) is 0 Å². The topological polar surface area (TPSA) is 20.2 Å². The predicted octanol–water partition coefficient (Wildman–Crippen LogP) is 3.68. The molecule has 0 atom stereocenters. The van der Waals surface area contributed by atoms with Gasteiger partial charge in [-0.25, -0.2) is 0 Å². The molecule has 0 radical (unpaired) electrons. The van der Waals surface area contributed by atoms with Crippen LogP contribution in [0.25, 0.3) is 10.1 Å². The molecule has 0 amide bonds. The summed E-state index contributed by atoms with van der Waals surface area (Å²) >= 11 is 4.93. The Morgan fingerprint density at radius 3 is 2.92 bits per heavy atom. The molecule has 1 aromatic carbocycles. The van der Waals surface area contributed by atoms with Crippen LogP contribution in [0.15, 0.2) is 22.0 Å². The van der Waals surface area contributed by atoms with Gasteiger partial charge in [-0.1, -0.05) is 15.9 Å². The van der Waals surface area contributed by atoms with Crippen molar-refractivity contribution in [1.82, 2.24) is 0 Å². The van der Waals surface area contributed by atoms with Crippen molar-refractivity contribution in [2.45, 2.75) is 6.92 Å². The zero-order chi connectivity index (χ0) is 8.72. The van der Waals surface area contributed by atoms with E-state index in [-0.39, 0.29) is 0 Å². The van der Waals surface area contributed by atoms with Crippen LogP contribution in [0.2, 0.25) is 0 Å². The maximum atomic E-state index is 9.55. The van der Waals surface area contributed by atoms with Crippen molar-refractivity contribution in [3.63, 3.8) is 0 Å². The van der Waals surface area contributed by atoms with Crippen molar-refractivity contribution in [1.29, 1.82) is 0 Å². The Morgan fingerprint density at radius 2 is 2.17 bits per heavy atom. The Labute approximate surface area is 82.8 Å². The summed E-state index contributed by atoms with van der Waals surface area (Å²) < 4.78 is 1.89. The minimum Gasteiger partial charge on any atom is -0.506 e. The first-order valence-corrected chi connectivity index (χ1v) is 5.22. The molecule has 0 aliphatic heterocycles. The Bertz CT molecular complexity index is 433. The van der Waals surface area contributed by atoms with Gasteiger partial charge in [-0.3, -0.25) is 0 Å². The summed E-state index contributed by atoms with van der Waals surface area (Å²) in [6.45, 7) is 2.05. The third kappa shape index (κ3) is 1.13. The number of rotatable bonds is 0. The molecule has 0 bridgehead atoms. The Balaban J connectivity index is 2.92. The number of benzene rings is 1. The van der Waals surface area contributed by atoms with Gasteiger partial charge in [0, 0.05) is 9.86 Å². The fourth-order valence-corrected chi connectivity index (χ4v) is 2.60. The summed E-state index contributed by atoms with van der Waals surface area (Å²) in [6.07, 6.45) is 0. The van der Waals surface area contributed by atoms with E-state index in [1.807, 2.05) is 13.0 Å². The summed E-state index contributed by atoms with van der Waals surface area (Å²) in [5.74, 6) is 0.359. The van der Waals surface area contributed by atoms with E-state index in [0.29, 0.717) is 5.75 Å². The summed E-state index contributed by atoms with van der Waals surface area (Å²) in [6, 6.07) is 3.75. The van der Waals surface area contributed by atoms with Crippen molar-refractivity contribution < 1.29 is 5.11 Å². The Kier molecular flexibility index (Phi) is 1.85. The number of thiophene rings is 1. The van der Waals surface area contributed by atoms with E-state index < -0.39 is 0 Å². The van der Waals surface area contributed by atoms with E-state index in [4.69, 9.17) is 0 Å². The smallest absolute Gasteiger partial charge is 0.134 e. The van der Waals surface area contributed by atoms with Crippen molar-refractivity contribution in [2.24, 2.45) is 0 Å². The minimum absolute atomic E-state index is 0.359. The number of fused-ring (bicyclic) bond motifs is 1. The van der Waals surface area contributed by atoms with Crippen molar-refractivity contribution in [2.75, 3.05) is 0 Å². The molecule has 1 nitrogen and oxygen atoms in total. The fraction of sp³-hybridized carbons (Fsp3) is 0.111. The van der Waals surface area contributed by atoms with Gasteiger partial charge in [0.25, 0.3) is 0 Å². The van der Waals surface area contributed by atoms with E-state index in [0.717, 1.165) is 14.6 Å². The summed E-state index contributed by atoms with van der Waals surface area (Å²) in [4.78, 5) is 0. The molecule has 0 aliphatic rings. The number of halogens is 1. The monoisotopic (exact) mass is 242 g/mol. The van der Waals surface area contributed by atoms with Crippen molar-refractivity contribution in [3.05, 3.63) is 27.5 Å². The third-order valence-corrected chi connectivity index (χ3v) is 3.41. The van der Waals surface area contributed by atoms with Gasteiger partial charge in [0.2, 0.25) is 0 Å². The van der Waals surface area contributed by atoms with Crippen LogP contribution in [0.5, 0.6) is 5.75 Å². The standard InChI is InChI=1S/C9H7BrOS/c1-5-4-12-9-7(5)2-6(10)3-8(9)11/h2-4,11H,1H3. The lowest BCUT2D eigenvalue weighted by molar-refractivity contribution is 0.482. The maximum Gasteiger partial charge on any atom is 0.134 e. The van der Waals surface area contributed by atoms with Gasteiger partial charge in [-0.05, 0) is 30.0 Å². The summed E-state index contributed by atoms with van der Waals surface area (Å²) in [5.41, 5.74) is 1.21. The number of aromatic hydroxyl groups is 1. The molecule has 1 aromatic heterocycles. The second kappa shape index (κ2) is 2.75. The number of aryl methyl sites for hydroxylation is 1. The lowest BCUT2D eigenvalue weighted by atomic mass is 10.2. The Morgan fingerprint density at radius 1 is 1.42 bits per heavy atom. The zero-order valence-corrected chi connectivity index (χ0v) is 8.87. The molecule has 0 fully saturated rings. The van der Waals surface area contributed by atoms with Gasteiger partial charge in [0.15, 0.2) is 0 Å². The van der Waals surface area contributed by atoms with Gasteiger partial charge in [-0.15, -0.1) is 11.3 Å². The molecule has 1 N–H and O–H groups in total. The molecule has 0 saturated heterocycles. The van der Waals surface area contributed by atoms with Crippen LogP contribution in [0, 0.1) is 6.92 Å². The van der Waals surface area contributed by atoms with E-state index in [2.05, 4.69) is 21.3 Å². The first-order valence-electron chi connectivity index (χ1n) is 3.55. The maximum absolute atomic E-state index is 9.55. The first kappa shape index (κ1) is 8.08. The van der Waals surface area contributed by atoms with Crippen molar-refractivity contribution in [3.8, 4) is 5.75 Å². The second-order valence-electron chi connectivity index (χ2n) is 2.72. The zero-order valence-electron chi connectivity index (χ0n) is 6.47. The quantitative estimate of drug-likeness (QED) is 0.748. The van der Waals surface area contributed by atoms with Crippen LogP contribution >= 0.6 is 27.3 Å². The van der Waals surface area contributed by atoms with E-state index >= 15 is 0 Å². The van der Waals surface area contributed by atoms with Crippen LogP contribution in [-0.4, -0.2) is 5.11 Å². The van der Waals surface area contributed by atoms with Gasteiger partial charge >= 0.3 is 0 Å². The average molecular weight is 243 g/mol. The van der Waals surface area contributed by atoms with Gasteiger partial charge in [-0.2, -0.15) is 0 Å². The highest BCUT2D eigenvalue weighted by atomic mass is 79.9. The van der Waals surface area contributed by atoms with E-state index in [1.165, 1.54) is 5.56 Å². The third-order valence-electron chi connectivity index (χ3n) is 1.81. The Hall–Kier alpha value is -0.540. The summed E-state index contributed by atoms with van der Waals surface area (Å²) in [5, 5.41) is 12.7. The first-order chi connectivity index (χ1) is 5.68. The highest BCUT2D eigenvalue weighted by Gasteiger charge is 2.05. The van der Waals surface area contributed by atoms with Gasteiger partial charge in [0.1, 0.15) is 5.75 Å². The average Bonchev–Trinajstić information content (AvgIpc) is 2.33. The molecule has 0 unspecified atom stereocenters. The molecule has 12 heavy (non-hydrogen) atoms. The normalized spacial score (nSPS) is 10.8.